The first-order chi connectivity index (χ1) is 12.8. The lowest BCUT2D eigenvalue weighted by atomic mass is 9.78. The van der Waals surface area contributed by atoms with Crippen LogP contribution in [-0.4, -0.2) is 37.1 Å². The molecule has 0 saturated heterocycles. The third-order valence-electron chi connectivity index (χ3n) is 4.87. The predicted octanol–water partition coefficient (Wildman–Crippen LogP) is -0.330. The molecule has 142 valence electrons. The predicted molar refractivity (Wildman–Crippen MR) is 97.8 cm³/mol. The first-order valence-corrected chi connectivity index (χ1v) is 8.31. The molecule has 2 aromatic rings. The van der Waals surface area contributed by atoms with Gasteiger partial charge in [0.15, 0.2) is 5.78 Å². The third-order valence-corrected chi connectivity index (χ3v) is 4.87. The molecule has 9 heteroatoms. The Morgan fingerprint density at radius 1 is 1.19 bits per heavy atom. The molecule has 3 unspecified atom stereocenters. The van der Waals surface area contributed by atoms with E-state index in [1.807, 2.05) is 0 Å². The largest absolute Gasteiger partial charge is 0.494 e. The van der Waals surface area contributed by atoms with Gasteiger partial charge in [0.1, 0.15) is 6.23 Å². The number of rotatable bonds is 4. The van der Waals surface area contributed by atoms with E-state index in [1.54, 1.807) is 37.3 Å². The van der Waals surface area contributed by atoms with E-state index in [4.69, 9.17) is 0 Å². The number of hydrazone groups is 1. The van der Waals surface area contributed by atoms with Crippen molar-refractivity contribution in [3.8, 4) is 5.88 Å². The second kappa shape index (κ2) is 6.84. The topological polar surface area (TPSA) is 126 Å². The molecule has 0 bridgehead atoms. The highest BCUT2D eigenvalue weighted by Crippen LogP contribution is 2.35. The van der Waals surface area contributed by atoms with Crippen LogP contribution in [0.15, 0.2) is 45.0 Å². The molecule has 0 amide bonds. The van der Waals surface area contributed by atoms with Crippen molar-refractivity contribution in [2.75, 3.05) is 0 Å². The van der Waals surface area contributed by atoms with Gasteiger partial charge in [-0.05, 0) is 6.92 Å². The van der Waals surface area contributed by atoms with Crippen LogP contribution < -0.4 is 16.7 Å². The molecule has 0 aliphatic carbocycles. The summed E-state index contributed by atoms with van der Waals surface area (Å²) in [7, 11) is 2.57. The van der Waals surface area contributed by atoms with Crippen LogP contribution in [0, 0.1) is 5.92 Å². The van der Waals surface area contributed by atoms with Crippen LogP contribution in [0.1, 0.15) is 28.8 Å². The second-order valence-electron chi connectivity index (χ2n) is 6.50. The van der Waals surface area contributed by atoms with Gasteiger partial charge in [0.05, 0.1) is 17.4 Å². The number of hydrogen-bond donors (Lipinski definition) is 3. The van der Waals surface area contributed by atoms with Crippen molar-refractivity contribution < 1.29 is 15.0 Å². The molecule has 1 aliphatic rings. The Labute approximate surface area is 154 Å². The van der Waals surface area contributed by atoms with Crippen LogP contribution >= 0.6 is 0 Å². The van der Waals surface area contributed by atoms with E-state index in [9.17, 15) is 24.6 Å². The number of hydrogen-bond acceptors (Lipinski definition) is 7. The summed E-state index contributed by atoms with van der Waals surface area (Å²) in [6.45, 7) is 1.61. The number of Topliss-reactive ketones (excluding diaryl/α,β-unsaturated/α-hetero) is 1. The maximum absolute atomic E-state index is 13.3. The number of aliphatic hydroxyl groups is 1. The monoisotopic (exact) mass is 372 g/mol. The summed E-state index contributed by atoms with van der Waals surface area (Å²) in [5, 5.41) is 24.8. The molecular weight excluding hydrogens is 352 g/mol. The molecule has 3 N–H and O–H groups in total. The van der Waals surface area contributed by atoms with Gasteiger partial charge >= 0.3 is 5.69 Å². The average Bonchev–Trinajstić information content (AvgIpc) is 3.00. The lowest BCUT2D eigenvalue weighted by Crippen LogP contribution is -2.44. The molecule has 1 aliphatic heterocycles. The fourth-order valence-corrected chi connectivity index (χ4v) is 3.36. The normalized spacial score (nSPS) is 20.1. The minimum absolute atomic E-state index is 0.254. The van der Waals surface area contributed by atoms with Crippen molar-refractivity contribution in [1.82, 2.24) is 14.6 Å². The molecule has 3 rings (SSSR count). The summed E-state index contributed by atoms with van der Waals surface area (Å²) in [6.07, 6.45) is -1.22. The minimum atomic E-state index is -1.23. The number of benzene rings is 1. The Morgan fingerprint density at radius 2 is 1.81 bits per heavy atom. The van der Waals surface area contributed by atoms with Crippen molar-refractivity contribution in [1.29, 1.82) is 0 Å². The molecule has 3 atom stereocenters. The number of nitrogens with zero attached hydrogens (tertiary/aromatic N) is 3. The van der Waals surface area contributed by atoms with Gasteiger partial charge in [-0.3, -0.25) is 24.1 Å². The van der Waals surface area contributed by atoms with Gasteiger partial charge in [-0.1, -0.05) is 30.3 Å². The highest BCUT2D eigenvalue weighted by atomic mass is 16.3. The first kappa shape index (κ1) is 18.6. The minimum Gasteiger partial charge on any atom is -0.494 e. The second-order valence-corrected chi connectivity index (χ2v) is 6.50. The third kappa shape index (κ3) is 2.95. The van der Waals surface area contributed by atoms with E-state index in [2.05, 4.69) is 10.5 Å². The van der Waals surface area contributed by atoms with E-state index < -0.39 is 41.0 Å². The van der Waals surface area contributed by atoms with Gasteiger partial charge < -0.3 is 10.2 Å². The zero-order chi connectivity index (χ0) is 19.9. The zero-order valence-electron chi connectivity index (χ0n) is 15.1. The van der Waals surface area contributed by atoms with Crippen molar-refractivity contribution in [3.63, 3.8) is 0 Å². The van der Waals surface area contributed by atoms with E-state index >= 15 is 0 Å². The number of aromatic nitrogens is 2. The van der Waals surface area contributed by atoms with Gasteiger partial charge in [0.2, 0.25) is 5.88 Å². The standard InChI is InChI=1S/C18H20N4O5/c1-9-11(15(24)20-19-9)12(14(23)10-7-5-4-6-8-10)13-16(25)21(2)18(27)22(3)17(13)26/h4-8,11-12,15,20,24-25H,1-3H3. The summed E-state index contributed by atoms with van der Waals surface area (Å²) in [6, 6.07) is 8.26. The van der Waals surface area contributed by atoms with E-state index in [0.29, 0.717) is 11.3 Å². The van der Waals surface area contributed by atoms with Gasteiger partial charge in [-0.15, -0.1) is 0 Å². The smallest absolute Gasteiger partial charge is 0.333 e. The molecule has 0 saturated carbocycles. The number of nitrogens with one attached hydrogen (secondary N) is 1. The Morgan fingerprint density at radius 3 is 2.37 bits per heavy atom. The van der Waals surface area contributed by atoms with E-state index in [1.165, 1.54) is 14.1 Å². The number of aliphatic hydroxyl groups excluding tert-OH is 1. The molecule has 0 radical (unpaired) electrons. The molecule has 0 fully saturated rings. The van der Waals surface area contributed by atoms with Crippen molar-refractivity contribution in [3.05, 3.63) is 62.3 Å². The van der Waals surface area contributed by atoms with Crippen molar-refractivity contribution in [2.24, 2.45) is 25.1 Å². The Balaban J connectivity index is 2.30. The summed E-state index contributed by atoms with van der Waals surface area (Å²) in [5.41, 5.74) is 1.44. The van der Waals surface area contributed by atoms with Crippen molar-refractivity contribution >= 4 is 11.5 Å². The Hall–Kier alpha value is -3.20. The van der Waals surface area contributed by atoms with Crippen LogP contribution in [0.25, 0.3) is 0 Å². The van der Waals surface area contributed by atoms with Crippen LogP contribution in [0.5, 0.6) is 5.88 Å². The summed E-state index contributed by atoms with van der Waals surface area (Å²) in [5.74, 6) is -3.19. The van der Waals surface area contributed by atoms with Gasteiger partial charge in [0.25, 0.3) is 5.56 Å². The average molecular weight is 372 g/mol. The zero-order valence-corrected chi connectivity index (χ0v) is 15.1. The van der Waals surface area contributed by atoms with Gasteiger partial charge in [-0.2, -0.15) is 5.10 Å². The summed E-state index contributed by atoms with van der Waals surface area (Å²) in [4.78, 5) is 38.2. The molecule has 1 aromatic carbocycles. The number of carbonyl (C=O) groups is 1. The molecular formula is C18H20N4O5. The van der Waals surface area contributed by atoms with Crippen LogP contribution in [0.4, 0.5) is 0 Å². The maximum atomic E-state index is 13.3. The summed E-state index contributed by atoms with van der Waals surface area (Å²) < 4.78 is 1.71. The molecule has 2 heterocycles. The Kier molecular flexibility index (Phi) is 4.71. The van der Waals surface area contributed by atoms with Crippen LogP contribution in [-0.2, 0) is 14.1 Å². The maximum Gasteiger partial charge on any atom is 0.333 e. The molecule has 1 aromatic heterocycles. The van der Waals surface area contributed by atoms with Crippen LogP contribution in [0.3, 0.4) is 0 Å². The quantitative estimate of drug-likeness (QED) is 0.631. The summed E-state index contributed by atoms with van der Waals surface area (Å²) >= 11 is 0. The lowest BCUT2D eigenvalue weighted by Gasteiger charge is -2.26. The van der Waals surface area contributed by atoms with E-state index in [0.717, 1.165) is 9.13 Å². The van der Waals surface area contributed by atoms with Gasteiger partial charge in [-0.25, -0.2) is 4.79 Å². The molecule has 9 nitrogen and oxygen atoms in total. The van der Waals surface area contributed by atoms with Crippen molar-refractivity contribution in [2.45, 2.75) is 19.1 Å². The highest BCUT2D eigenvalue weighted by Gasteiger charge is 2.43. The lowest BCUT2D eigenvalue weighted by molar-refractivity contribution is 0.0788. The number of carbonyl (C=O) groups excluding carboxylic acids is 1. The Bertz CT molecular complexity index is 1040. The SMILES string of the molecule is CC1=NNC(O)C1C(C(=O)c1ccccc1)c1c(O)n(C)c(=O)n(C)c1=O. The first-order valence-electron chi connectivity index (χ1n) is 8.31. The molecule has 0 spiro atoms. The van der Waals surface area contributed by atoms with Crippen LogP contribution in [0.2, 0.25) is 0 Å². The van der Waals surface area contributed by atoms with E-state index in [-0.39, 0.29) is 5.56 Å². The fourth-order valence-electron chi connectivity index (χ4n) is 3.36. The number of aromatic hydroxyl groups is 1. The van der Waals surface area contributed by atoms with Gasteiger partial charge in [0, 0.05) is 25.4 Å². The highest BCUT2D eigenvalue weighted by molar-refractivity contribution is 6.05. The molecule has 27 heavy (non-hydrogen) atoms. The number of ketones is 1. The fraction of sp³-hybridized carbons (Fsp3) is 0.333.